The summed E-state index contributed by atoms with van der Waals surface area (Å²) in [5, 5.41) is 2.82. The highest BCUT2D eigenvalue weighted by molar-refractivity contribution is 7.92. The summed E-state index contributed by atoms with van der Waals surface area (Å²) in [4.78, 5) is 12.3. The van der Waals surface area contributed by atoms with Crippen LogP contribution in [0, 0.1) is 6.92 Å². The smallest absolute Gasteiger partial charge is 0.232 e. The van der Waals surface area contributed by atoms with Crippen molar-refractivity contribution in [2.75, 3.05) is 29.0 Å². The number of nitrogens with zero attached hydrogens (tertiary/aromatic N) is 1. The fourth-order valence-corrected chi connectivity index (χ4v) is 3.47. The molecule has 0 bridgehead atoms. The van der Waals surface area contributed by atoms with Gasteiger partial charge in [0.05, 0.1) is 18.6 Å². The molecule has 7 heteroatoms. The lowest BCUT2D eigenvalue weighted by Crippen LogP contribution is -2.33. The molecule has 0 atom stereocenters. The second-order valence-electron chi connectivity index (χ2n) is 5.85. The van der Waals surface area contributed by atoms with Gasteiger partial charge in [0.2, 0.25) is 15.9 Å². The zero-order valence-electron chi connectivity index (χ0n) is 15.2. The van der Waals surface area contributed by atoms with Gasteiger partial charge in [0, 0.05) is 18.7 Å². The summed E-state index contributed by atoms with van der Waals surface area (Å²) >= 11 is 0. The quantitative estimate of drug-likeness (QED) is 0.768. The Morgan fingerprint density at radius 2 is 1.77 bits per heavy atom. The number of hydrogen-bond acceptors (Lipinski definition) is 4. The average Bonchev–Trinajstić information content (AvgIpc) is 2.57. The summed E-state index contributed by atoms with van der Waals surface area (Å²) in [6, 6.07) is 14.3. The van der Waals surface area contributed by atoms with Gasteiger partial charge in [0.25, 0.3) is 0 Å². The van der Waals surface area contributed by atoms with Crippen molar-refractivity contribution in [3.05, 3.63) is 54.1 Å². The molecule has 1 N–H and O–H groups in total. The fraction of sp³-hybridized carbons (Fsp3) is 0.316. The molecule has 2 aromatic rings. The highest BCUT2D eigenvalue weighted by atomic mass is 32.2. The standard InChI is InChI=1S/C19H24N2O4S/c1-4-25-18-12-8-7-11-17(18)21(26(3,23)24)14-13-19(22)20-16-10-6-5-9-15(16)2/h5-12H,4,13-14H2,1-3H3,(H,20,22). The molecule has 0 radical (unpaired) electrons. The monoisotopic (exact) mass is 376 g/mol. The van der Waals surface area contributed by atoms with E-state index in [1.54, 1.807) is 24.3 Å². The summed E-state index contributed by atoms with van der Waals surface area (Å²) in [5.41, 5.74) is 2.10. The van der Waals surface area contributed by atoms with Crippen molar-refractivity contribution < 1.29 is 17.9 Å². The molecule has 0 unspecified atom stereocenters. The molecular formula is C19H24N2O4S. The number of hydrogen-bond donors (Lipinski definition) is 1. The van der Waals surface area contributed by atoms with Gasteiger partial charge in [-0.1, -0.05) is 30.3 Å². The number of nitrogens with one attached hydrogen (secondary N) is 1. The van der Waals surface area contributed by atoms with Crippen LogP contribution in [0.3, 0.4) is 0 Å². The first-order valence-corrected chi connectivity index (χ1v) is 10.2. The third-order valence-electron chi connectivity index (χ3n) is 3.80. The first-order chi connectivity index (χ1) is 12.3. The molecular weight excluding hydrogens is 352 g/mol. The normalized spacial score (nSPS) is 11.0. The molecule has 2 rings (SSSR count). The van der Waals surface area contributed by atoms with Gasteiger partial charge in [-0.25, -0.2) is 8.42 Å². The number of para-hydroxylation sites is 3. The summed E-state index contributed by atoms with van der Waals surface area (Å²) in [5.74, 6) is 0.224. The Morgan fingerprint density at radius 1 is 1.12 bits per heavy atom. The van der Waals surface area contributed by atoms with Crippen LogP contribution in [0.25, 0.3) is 0 Å². The van der Waals surface area contributed by atoms with E-state index < -0.39 is 10.0 Å². The maximum atomic E-state index is 12.3. The Labute approximate surface area is 154 Å². The molecule has 2 aromatic carbocycles. The molecule has 1 amide bonds. The SMILES string of the molecule is CCOc1ccccc1N(CCC(=O)Nc1ccccc1C)S(C)(=O)=O. The van der Waals surface area contributed by atoms with Gasteiger partial charge < -0.3 is 10.1 Å². The molecule has 26 heavy (non-hydrogen) atoms. The number of aryl methyl sites for hydroxylation is 1. The maximum Gasteiger partial charge on any atom is 0.232 e. The van der Waals surface area contributed by atoms with E-state index in [1.807, 2.05) is 38.1 Å². The summed E-state index contributed by atoms with van der Waals surface area (Å²) in [6.45, 7) is 4.18. The first kappa shape index (κ1) is 19.8. The lowest BCUT2D eigenvalue weighted by Gasteiger charge is -2.24. The molecule has 0 aliphatic heterocycles. The Bertz CT molecular complexity index is 865. The molecule has 140 valence electrons. The van der Waals surface area contributed by atoms with E-state index in [9.17, 15) is 13.2 Å². The van der Waals surface area contributed by atoms with E-state index in [-0.39, 0.29) is 18.9 Å². The van der Waals surface area contributed by atoms with Crippen LogP contribution in [0.1, 0.15) is 18.9 Å². The minimum atomic E-state index is -3.56. The van der Waals surface area contributed by atoms with Crippen molar-refractivity contribution in [2.24, 2.45) is 0 Å². The predicted octanol–water partition coefficient (Wildman–Crippen LogP) is 3.19. The number of ether oxygens (including phenoxy) is 1. The second kappa shape index (κ2) is 8.71. The molecule has 0 spiro atoms. The molecule has 0 saturated carbocycles. The average molecular weight is 376 g/mol. The van der Waals surface area contributed by atoms with E-state index >= 15 is 0 Å². The number of carbonyl (C=O) groups excluding carboxylic acids is 1. The van der Waals surface area contributed by atoms with E-state index in [0.29, 0.717) is 18.0 Å². The van der Waals surface area contributed by atoms with E-state index in [2.05, 4.69) is 5.32 Å². The van der Waals surface area contributed by atoms with Gasteiger partial charge >= 0.3 is 0 Å². The van der Waals surface area contributed by atoms with E-state index in [4.69, 9.17) is 4.74 Å². The summed E-state index contributed by atoms with van der Waals surface area (Å²) < 4.78 is 31.2. The van der Waals surface area contributed by atoms with Crippen molar-refractivity contribution >= 4 is 27.3 Å². The van der Waals surface area contributed by atoms with Gasteiger partial charge in [-0.05, 0) is 37.6 Å². The topological polar surface area (TPSA) is 75.7 Å². The molecule has 0 saturated heterocycles. The minimum Gasteiger partial charge on any atom is -0.492 e. The first-order valence-electron chi connectivity index (χ1n) is 8.38. The van der Waals surface area contributed by atoms with Crippen LogP contribution in [-0.4, -0.2) is 33.7 Å². The third-order valence-corrected chi connectivity index (χ3v) is 4.98. The molecule has 6 nitrogen and oxygen atoms in total. The highest BCUT2D eigenvalue weighted by Gasteiger charge is 2.22. The molecule has 0 aliphatic rings. The lowest BCUT2D eigenvalue weighted by molar-refractivity contribution is -0.116. The third kappa shape index (κ3) is 5.23. The highest BCUT2D eigenvalue weighted by Crippen LogP contribution is 2.30. The number of sulfonamides is 1. The summed E-state index contributed by atoms with van der Waals surface area (Å²) in [7, 11) is -3.56. The van der Waals surface area contributed by atoms with Gasteiger partial charge in [-0.2, -0.15) is 0 Å². The van der Waals surface area contributed by atoms with Crippen molar-refractivity contribution in [3.63, 3.8) is 0 Å². The number of rotatable bonds is 8. The Morgan fingerprint density at radius 3 is 2.42 bits per heavy atom. The Kier molecular flexibility index (Phi) is 6.63. The van der Waals surface area contributed by atoms with Crippen LogP contribution in [-0.2, 0) is 14.8 Å². The zero-order valence-corrected chi connectivity index (χ0v) is 16.0. The van der Waals surface area contributed by atoms with Crippen molar-refractivity contribution in [1.82, 2.24) is 0 Å². The van der Waals surface area contributed by atoms with Crippen LogP contribution < -0.4 is 14.4 Å². The van der Waals surface area contributed by atoms with Gasteiger partial charge in [0.1, 0.15) is 5.75 Å². The maximum absolute atomic E-state index is 12.3. The fourth-order valence-electron chi connectivity index (χ4n) is 2.53. The van der Waals surface area contributed by atoms with Gasteiger partial charge in [-0.3, -0.25) is 9.10 Å². The molecule has 0 fully saturated rings. The van der Waals surface area contributed by atoms with Crippen molar-refractivity contribution in [3.8, 4) is 5.75 Å². The largest absolute Gasteiger partial charge is 0.492 e. The predicted molar refractivity (Wildman–Crippen MR) is 104 cm³/mol. The number of carbonyl (C=O) groups is 1. The van der Waals surface area contributed by atoms with Crippen molar-refractivity contribution in [1.29, 1.82) is 0 Å². The Hall–Kier alpha value is -2.54. The second-order valence-corrected chi connectivity index (χ2v) is 7.76. The molecule has 0 aliphatic carbocycles. The molecule has 0 aromatic heterocycles. The molecule has 0 heterocycles. The van der Waals surface area contributed by atoms with Crippen molar-refractivity contribution in [2.45, 2.75) is 20.3 Å². The van der Waals surface area contributed by atoms with E-state index in [1.165, 1.54) is 4.31 Å². The summed E-state index contributed by atoms with van der Waals surface area (Å²) in [6.07, 6.45) is 1.15. The van der Waals surface area contributed by atoms with E-state index in [0.717, 1.165) is 17.5 Å². The van der Waals surface area contributed by atoms with Gasteiger partial charge in [0.15, 0.2) is 0 Å². The Balaban J connectivity index is 2.15. The van der Waals surface area contributed by atoms with Crippen LogP contribution in [0.5, 0.6) is 5.75 Å². The number of benzene rings is 2. The van der Waals surface area contributed by atoms with Crippen LogP contribution in [0.4, 0.5) is 11.4 Å². The zero-order chi connectivity index (χ0) is 19.2. The van der Waals surface area contributed by atoms with Crippen LogP contribution in [0.15, 0.2) is 48.5 Å². The minimum absolute atomic E-state index is 0.0284. The lowest BCUT2D eigenvalue weighted by atomic mass is 10.2. The number of amides is 1. The van der Waals surface area contributed by atoms with Crippen LogP contribution >= 0.6 is 0 Å². The van der Waals surface area contributed by atoms with Crippen LogP contribution in [0.2, 0.25) is 0 Å². The number of anilines is 2. The van der Waals surface area contributed by atoms with Gasteiger partial charge in [-0.15, -0.1) is 0 Å².